The third-order valence-corrected chi connectivity index (χ3v) is 2.82. The first-order valence-corrected chi connectivity index (χ1v) is 5.05. The molecule has 0 radical (unpaired) electrons. The Balaban J connectivity index is 2.33. The molecule has 0 aromatic carbocycles. The van der Waals surface area contributed by atoms with Gasteiger partial charge in [0.1, 0.15) is 0 Å². The lowest BCUT2D eigenvalue weighted by Crippen LogP contribution is -2.18. The molecule has 0 spiro atoms. The number of aryl methyl sites for hydroxylation is 1. The summed E-state index contributed by atoms with van der Waals surface area (Å²) in [4.78, 5) is 4.33. The van der Waals surface area contributed by atoms with Crippen molar-refractivity contribution in [3.05, 3.63) is 17.7 Å². The van der Waals surface area contributed by atoms with Crippen molar-refractivity contribution in [1.29, 1.82) is 5.41 Å². The fourth-order valence-electron chi connectivity index (χ4n) is 2.20. The van der Waals surface area contributed by atoms with Gasteiger partial charge in [0, 0.05) is 18.7 Å². The maximum absolute atomic E-state index is 7.28. The molecule has 1 aromatic heterocycles. The van der Waals surface area contributed by atoms with Crippen LogP contribution in [0.15, 0.2) is 6.33 Å². The quantitative estimate of drug-likeness (QED) is 0.547. The lowest BCUT2D eigenvalue weighted by molar-refractivity contribution is 0.472. The van der Waals surface area contributed by atoms with Crippen molar-refractivity contribution in [2.75, 3.05) is 0 Å². The Morgan fingerprint density at radius 1 is 1.79 bits per heavy atom. The van der Waals surface area contributed by atoms with Gasteiger partial charge in [0.25, 0.3) is 0 Å². The second kappa shape index (κ2) is 3.44. The van der Waals surface area contributed by atoms with Crippen LogP contribution in [0.1, 0.15) is 37.1 Å². The topological polar surface area (TPSA) is 67.7 Å². The molecule has 0 bridgehead atoms. The van der Waals surface area contributed by atoms with Gasteiger partial charge in [-0.2, -0.15) is 0 Å². The van der Waals surface area contributed by atoms with E-state index in [0.29, 0.717) is 12.3 Å². The Morgan fingerprint density at radius 3 is 3.29 bits per heavy atom. The molecule has 2 rings (SSSR count). The molecule has 0 aliphatic carbocycles. The van der Waals surface area contributed by atoms with Crippen molar-refractivity contribution >= 4 is 5.84 Å². The Hall–Kier alpha value is -1.32. The highest BCUT2D eigenvalue weighted by atomic mass is 15.1. The van der Waals surface area contributed by atoms with Crippen molar-refractivity contribution < 1.29 is 0 Å². The SMILES string of the molecule is CC1CCCn2cnc(CC(=N)N)c21. The summed E-state index contributed by atoms with van der Waals surface area (Å²) in [6, 6.07) is 0. The number of nitrogens with two attached hydrogens (primary N) is 1. The molecule has 1 atom stereocenters. The third-order valence-electron chi connectivity index (χ3n) is 2.82. The molecule has 3 N–H and O–H groups in total. The largest absolute Gasteiger partial charge is 0.387 e. The van der Waals surface area contributed by atoms with Crippen molar-refractivity contribution in [1.82, 2.24) is 9.55 Å². The summed E-state index contributed by atoms with van der Waals surface area (Å²) in [7, 11) is 0. The van der Waals surface area contributed by atoms with Gasteiger partial charge in [0.2, 0.25) is 0 Å². The number of rotatable bonds is 2. The average molecular weight is 192 g/mol. The van der Waals surface area contributed by atoms with Gasteiger partial charge >= 0.3 is 0 Å². The zero-order valence-electron chi connectivity index (χ0n) is 8.45. The predicted molar refractivity (Wildman–Crippen MR) is 55.5 cm³/mol. The second-order valence-corrected chi connectivity index (χ2v) is 4.02. The molecule has 1 aliphatic heterocycles. The molecule has 14 heavy (non-hydrogen) atoms. The minimum Gasteiger partial charge on any atom is -0.387 e. The molecular weight excluding hydrogens is 176 g/mol. The van der Waals surface area contributed by atoms with Crippen LogP contribution in [0.5, 0.6) is 0 Å². The number of nitrogens with zero attached hydrogens (tertiary/aromatic N) is 2. The first-order chi connectivity index (χ1) is 6.68. The first-order valence-electron chi connectivity index (χ1n) is 5.05. The number of hydrogen-bond acceptors (Lipinski definition) is 2. The van der Waals surface area contributed by atoms with E-state index >= 15 is 0 Å². The van der Waals surface area contributed by atoms with Gasteiger partial charge in [-0.05, 0) is 18.8 Å². The van der Waals surface area contributed by atoms with E-state index in [0.717, 1.165) is 12.2 Å². The van der Waals surface area contributed by atoms with E-state index < -0.39 is 0 Å². The van der Waals surface area contributed by atoms with Gasteiger partial charge in [-0.25, -0.2) is 4.98 Å². The van der Waals surface area contributed by atoms with E-state index in [1.165, 1.54) is 18.5 Å². The summed E-state index contributed by atoms with van der Waals surface area (Å²) < 4.78 is 2.20. The minimum atomic E-state index is 0.198. The Labute approximate surface area is 83.6 Å². The highest BCUT2D eigenvalue weighted by Crippen LogP contribution is 2.28. The van der Waals surface area contributed by atoms with Gasteiger partial charge in [-0.3, -0.25) is 5.41 Å². The van der Waals surface area contributed by atoms with E-state index in [1.807, 2.05) is 6.33 Å². The van der Waals surface area contributed by atoms with Crippen molar-refractivity contribution in [3.63, 3.8) is 0 Å². The zero-order valence-corrected chi connectivity index (χ0v) is 8.45. The smallest absolute Gasteiger partial charge is 0.0966 e. The first kappa shape index (κ1) is 9.24. The highest BCUT2D eigenvalue weighted by Gasteiger charge is 2.21. The molecule has 1 unspecified atom stereocenters. The van der Waals surface area contributed by atoms with Gasteiger partial charge in [0.15, 0.2) is 0 Å². The van der Waals surface area contributed by atoms with Gasteiger partial charge in [0.05, 0.1) is 17.9 Å². The van der Waals surface area contributed by atoms with Crippen LogP contribution in [0.2, 0.25) is 0 Å². The fourth-order valence-corrected chi connectivity index (χ4v) is 2.20. The molecular formula is C10H16N4. The van der Waals surface area contributed by atoms with Crippen LogP contribution in [-0.4, -0.2) is 15.4 Å². The maximum Gasteiger partial charge on any atom is 0.0966 e. The molecule has 0 saturated heterocycles. The Bertz CT molecular complexity index is 353. The lowest BCUT2D eigenvalue weighted by Gasteiger charge is -2.21. The number of nitrogens with one attached hydrogen (secondary N) is 1. The standard InChI is InChI=1S/C10H16N4/c1-7-3-2-4-14-6-13-8(10(7)14)5-9(11)12/h6-7H,2-5H2,1H3,(H3,11,12). The molecule has 0 amide bonds. The predicted octanol–water partition coefficient (Wildman–Crippen LogP) is 1.26. The number of amidine groups is 1. The maximum atomic E-state index is 7.28. The number of imidazole rings is 1. The van der Waals surface area contributed by atoms with Crippen molar-refractivity contribution in [3.8, 4) is 0 Å². The van der Waals surface area contributed by atoms with Crippen LogP contribution in [0.25, 0.3) is 0 Å². The third kappa shape index (κ3) is 1.52. The second-order valence-electron chi connectivity index (χ2n) is 4.02. The summed E-state index contributed by atoms with van der Waals surface area (Å²) >= 11 is 0. The normalized spacial score (nSPS) is 20.5. The van der Waals surface area contributed by atoms with Crippen LogP contribution in [0.3, 0.4) is 0 Å². The molecule has 76 valence electrons. The summed E-state index contributed by atoms with van der Waals surface area (Å²) in [5.41, 5.74) is 7.67. The van der Waals surface area contributed by atoms with Crippen molar-refractivity contribution in [2.24, 2.45) is 5.73 Å². The fraction of sp³-hybridized carbons (Fsp3) is 0.600. The van der Waals surface area contributed by atoms with Gasteiger partial charge < -0.3 is 10.3 Å². The van der Waals surface area contributed by atoms with Crippen LogP contribution in [-0.2, 0) is 13.0 Å². The highest BCUT2D eigenvalue weighted by molar-refractivity contribution is 5.79. The van der Waals surface area contributed by atoms with E-state index in [-0.39, 0.29) is 5.84 Å². The summed E-state index contributed by atoms with van der Waals surface area (Å²) in [6.45, 7) is 3.28. The van der Waals surface area contributed by atoms with Gasteiger partial charge in [-0.15, -0.1) is 0 Å². The zero-order chi connectivity index (χ0) is 10.1. The molecule has 2 heterocycles. The number of aromatic nitrogens is 2. The van der Waals surface area contributed by atoms with Crippen LogP contribution < -0.4 is 5.73 Å². The minimum absolute atomic E-state index is 0.198. The lowest BCUT2D eigenvalue weighted by atomic mass is 9.95. The molecule has 0 saturated carbocycles. The van der Waals surface area contributed by atoms with Crippen LogP contribution in [0.4, 0.5) is 0 Å². The molecule has 1 aromatic rings. The average Bonchev–Trinajstić information content (AvgIpc) is 2.49. The number of fused-ring (bicyclic) bond motifs is 1. The van der Waals surface area contributed by atoms with E-state index in [2.05, 4.69) is 16.5 Å². The van der Waals surface area contributed by atoms with Crippen molar-refractivity contribution in [2.45, 2.75) is 38.6 Å². The summed E-state index contributed by atoms with van der Waals surface area (Å²) in [5, 5.41) is 7.28. The molecule has 0 fully saturated rings. The molecule has 1 aliphatic rings. The molecule has 4 nitrogen and oxygen atoms in total. The summed E-state index contributed by atoms with van der Waals surface area (Å²) in [6.07, 6.45) is 4.82. The van der Waals surface area contributed by atoms with E-state index in [4.69, 9.17) is 11.1 Å². The van der Waals surface area contributed by atoms with E-state index in [1.54, 1.807) is 0 Å². The Kier molecular flexibility index (Phi) is 2.27. The summed E-state index contributed by atoms with van der Waals surface area (Å²) in [5.74, 6) is 0.755. The van der Waals surface area contributed by atoms with Gasteiger partial charge in [-0.1, -0.05) is 6.92 Å². The van der Waals surface area contributed by atoms with E-state index in [9.17, 15) is 0 Å². The number of hydrogen-bond donors (Lipinski definition) is 2. The monoisotopic (exact) mass is 192 g/mol. The Morgan fingerprint density at radius 2 is 2.57 bits per heavy atom. The molecule has 4 heteroatoms. The van der Waals surface area contributed by atoms with Crippen LogP contribution >= 0.6 is 0 Å². The van der Waals surface area contributed by atoms with Crippen LogP contribution in [0, 0.1) is 5.41 Å².